The molecule has 132 valence electrons. The van der Waals surface area contributed by atoms with Gasteiger partial charge in [0, 0.05) is 23.7 Å². The third-order valence-electron chi connectivity index (χ3n) is 4.43. The molecule has 1 atom stereocenters. The van der Waals surface area contributed by atoms with Crippen molar-refractivity contribution in [3.05, 3.63) is 58.6 Å². The van der Waals surface area contributed by atoms with E-state index in [9.17, 15) is 4.79 Å². The summed E-state index contributed by atoms with van der Waals surface area (Å²) in [6.45, 7) is 4.21. The van der Waals surface area contributed by atoms with Gasteiger partial charge in [-0.2, -0.15) is 0 Å². The first kappa shape index (κ1) is 17.6. The third-order valence-corrected chi connectivity index (χ3v) is 4.68. The molecule has 0 bridgehead atoms. The number of likely N-dealkylation sites (tertiary alicyclic amines) is 1. The van der Waals surface area contributed by atoms with Gasteiger partial charge in [-0.3, -0.25) is 4.79 Å². The van der Waals surface area contributed by atoms with Crippen molar-refractivity contribution in [2.45, 2.75) is 20.0 Å². The second-order valence-corrected chi connectivity index (χ2v) is 6.86. The summed E-state index contributed by atoms with van der Waals surface area (Å²) < 4.78 is 11.2. The molecule has 25 heavy (non-hydrogen) atoms. The van der Waals surface area contributed by atoms with Crippen molar-refractivity contribution in [1.29, 1.82) is 0 Å². The second-order valence-electron chi connectivity index (χ2n) is 6.43. The van der Waals surface area contributed by atoms with Crippen molar-refractivity contribution in [3.63, 3.8) is 0 Å². The molecule has 0 saturated carbocycles. The average molecular weight is 360 g/mol. The van der Waals surface area contributed by atoms with Gasteiger partial charge in [-0.25, -0.2) is 0 Å². The van der Waals surface area contributed by atoms with Crippen LogP contribution in [-0.2, 0) is 6.61 Å². The van der Waals surface area contributed by atoms with Crippen LogP contribution in [0.5, 0.6) is 11.5 Å². The fourth-order valence-electron chi connectivity index (χ4n) is 2.96. The van der Waals surface area contributed by atoms with Gasteiger partial charge in [-0.15, -0.1) is 0 Å². The minimum absolute atomic E-state index is 0.0481. The summed E-state index contributed by atoms with van der Waals surface area (Å²) >= 11 is 5.89. The Hall–Kier alpha value is -2.20. The van der Waals surface area contributed by atoms with E-state index in [0.717, 1.165) is 25.1 Å². The molecule has 4 nitrogen and oxygen atoms in total. The van der Waals surface area contributed by atoms with Crippen molar-refractivity contribution >= 4 is 17.5 Å². The maximum atomic E-state index is 12.6. The minimum Gasteiger partial charge on any atom is -0.493 e. The molecule has 1 heterocycles. The molecule has 1 saturated heterocycles. The lowest BCUT2D eigenvalue weighted by Gasteiger charge is -2.17. The van der Waals surface area contributed by atoms with Gasteiger partial charge in [0.1, 0.15) is 6.61 Å². The molecule has 1 unspecified atom stereocenters. The number of hydrogen-bond acceptors (Lipinski definition) is 3. The van der Waals surface area contributed by atoms with Gasteiger partial charge in [0.2, 0.25) is 0 Å². The Morgan fingerprint density at radius 3 is 2.60 bits per heavy atom. The maximum absolute atomic E-state index is 12.6. The Morgan fingerprint density at radius 1 is 1.20 bits per heavy atom. The Labute approximate surface area is 153 Å². The molecule has 0 N–H and O–H groups in total. The monoisotopic (exact) mass is 359 g/mol. The Balaban J connectivity index is 1.70. The van der Waals surface area contributed by atoms with Gasteiger partial charge in [0.15, 0.2) is 11.5 Å². The Morgan fingerprint density at radius 2 is 1.96 bits per heavy atom. The van der Waals surface area contributed by atoms with Crippen LogP contribution in [0.2, 0.25) is 5.02 Å². The predicted molar refractivity (Wildman–Crippen MR) is 98.5 cm³/mol. The van der Waals surface area contributed by atoms with Crippen LogP contribution in [0.1, 0.15) is 29.3 Å². The molecule has 0 radical (unpaired) electrons. The topological polar surface area (TPSA) is 38.8 Å². The zero-order valence-electron chi connectivity index (χ0n) is 14.5. The van der Waals surface area contributed by atoms with Crippen LogP contribution >= 0.6 is 11.6 Å². The fourth-order valence-corrected chi connectivity index (χ4v) is 3.09. The summed E-state index contributed by atoms with van der Waals surface area (Å²) in [5.41, 5.74) is 1.64. The SMILES string of the molecule is COc1cc(C(=O)N2CCC(C)C2)ccc1OCc1ccc(Cl)cc1. The number of nitrogens with zero attached hydrogens (tertiary/aromatic N) is 1. The van der Waals surface area contributed by atoms with Crippen LogP contribution in [0, 0.1) is 5.92 Å². The molecule has 1 fully saturated rings. The number of hydrogen-bond donors (Lipinski definition) is 0. The summed E-state index contributed by atoms with van der Waals surface area (Å²) in [5, 5.41) is 0.695. The quantitative estimate of drug-likeness (QED) is 0.793. The zero-order valence-corrected chi connectivity index (χ0v) is 15.3. The molecule has 2 aromatic carbocycles. The fraction of sp³-hybridized carbons (Fsp3) is 0.350. The van der Waals surface area contributed by atoms with Crippen molar-refractivity contribution in [1.82, 2.24) is 4.90 Å². The van der Waals surface area contributed by atoms with Crippen molar-refractivity contribution in [3.8, 4) is 11.5 Å². The molecule has 0 spiro atoms. The highest BCUT2D eigenvalue weighted by molar-refractivity contribution is 6.30. The molecular formula is C20H22ClNO3. The van der Waals surface area contributed by atoms with Crippen LogP contribution in [0.4, 0.5) is 0 Å². The van der Waals surface area contributed by atoms with Crippen LogP contribution in [0.3, 0.4) is 0 Å². The highest BCUT2D eigenvalue weighted by Crippen LogP contribution is 2.30. The van der Waals surface area contributed by atoms with Gasteiger partial charge in [0.05, 0.1) is 7.11 Å². The molecule has 1 aliphatic heterocycles. The van der Waals surface area contributed by atoms with E-state index in [1.165, 1.54) is 0 Å². The van der Waals surface area contributed by atoms with E-state index in [4.69, 9.17) is 21.1 Å². The van der Waals surface area contributed by atoms with Gasteiger partial charge < -0.3 is 14.4 Å². The number of amides is 1. The molecule has 0 aromatic heterocycles. The van der Waals surface area contributed by atoms with E-state index in [-0.39, 0.29) is 5.91 Å². The van der Waals surface area contributed by atoms with Crippen molar-refractivity contribution in [2.24, 2.45) is 5.92 Å². The molecule has 0 aliphatic carbocycles. The number of carbonyl (C=O) groups excluding carboxylic acids is 1. The van der Waals surface area contributed by atoms with Crippen molar-refractivity contribution < 1.29 is 14.3 Å². The second kappa shape index (κ2) is 7.79. The lowest BCUT2D eigenvalue weighted by Crippen LogP contribution is -2.28. The third kappa shape index (κ3) is 4.26. The number of rotatable bonds is 5. The number of carbonyl (C=O) groups is 1. The molecule has 2 aromatic rings. The normalized spacial score (nSPS) is 16.8. The van der Waals surface area contributed by atoms with E-state index < -0.39 is 0 Å². The average Bonchev–Trinajstić information content (AvgIpc) is 3.07. The van der Waals surface area contributed by atoms with Gasteiger partial charge in [-0.1, -0.05) is 30.7 Å². The summed E-state index contributed by atoms with van der Waals surface area (Å²) in [4.78, 5) is 14.5. The Bertz CT molecular complexity index is 745. The van der Waals surface area contributed by atoms with Gasteiger partial charge in [0.25, 0.3) is 5.91 Å². The first-order valence-corrected chi connectivity index (χ1v) is 8.79. The van der Waals surface area contributed by atoms with E-state index in [0.29, 0.717) is 34.6 Å². The summed E-state index contributed by atoms with van der Waals surface area (Å²) in [6.07, 6.45) is 1.06. The molecule has 3 rings (SSSR count). The number of benzene rings is 2. The van der Waals surface area contributed by atoms with E-state index in [1.54, 1.807) is 25.3 Å². The zero-order chi connectivity index (χ0) is 17.8. The van der Waals surface area contributed by atoms with E-state index in [1.807, 2.05) is 29.2 Å². The minimum atomic E-state index is 0.0481. The van der Waals surface area contributed by atoms with Crippen LogP contribution < -0.4 is 9.47 Å². The molecular weight excluding hydrogens is 338 g/mol. The largest absolute Gasteiger partial charge is 0.493 e. The van der Waals surface area contributed by atoms with Crippen LogP contribution in [0.15, 0.2) is 42.5 Å². The number of methoxy groups -OCH3 is 1. The number of halogens is 1. The molecule has 1 amide bonds. The smallest absolute Gasteiger partial charge is 0.254 e. The van der Waals surface area contributed by atoms with Crippen LogP contribution in [-0.4, -0.2) is 31.0 Å². The first-order chi connectivity index (χ1) is 12.1. The summed E-state index contributed by atoms with van der Waals surface area (Å²) in [7, 11) is 1.58. The lowest BCUT2D eigenvalue weighted by molar-refractivity contribution is 0.0787. The van der Waals surface area contributed by atoms with Crippen molar-refractivity contribution in [2.75, 3.05) is 20.2 Å². The lowest BCUT2D eigenvalue weighted by atomic mass is 10.1. The maximum Gasteiger partial charge on any atom is 0.254 e. The van der Waals surface area contributed by atoms with E-state index in [2.05, 4.69) is 6.92 Å². The molecule has 1 aliphatic rings. The Kier molecular flexibility index (Phi) is 5.49. The first-order valence-electron chi connectivity index (χ1n) is 8.41. The summed E-state index contributed by atoms with van der Waals surface area (Å²) in [6, 6.07) is 12.8. The van der Waals surface area contributed by atoms with Gasteiger partial charge in [-0.05, 0) is 48.2 Å². The van der Waals surface area contributed by atoms with Gasteiger partial charge >= 0.3 is 0 Å². The summed E-state index contributed by atoms with van der Waals surface area (Å²) in [5.74, 6) is 1.79. The number of ether oxygens (including phenoxy) is 2. The highest BCUT2D eigenvalue weighted by atomic mass is 35.5. The van der Waals surface area contributed by atoms with E-state index >= 15 is 0 Å². The van der Waals surface area contributed by atoms with Crippen LogP contribution in [0.25, 0.3) is 0 Å². The predicted octanol–water partition coefficient (Wildman–Crippen LogP) is 4.41. The highest BCUT2D eigenvalue weighted by Gasteiger charge is 2.24. The standard InChI is InChI=1S/C20H22ClNO3/c1-14-9-10-22(12-14)20(23)16-5-8-18(19(11-16)24-2)25-13-15-3-6-17(21)7-4-15/h3-8,11,14H,9-10,12-13H2,1-2H3. The molecule has 5 heteroatoms.